The van der Waals surface area contributed by atoms with Gasteiger partial charge in [-0.15, -0.1) is 0 Å². The van der Waals surface area contributed by atoms with E-state index in [1.54, 1.807) is 4.68 Å². The van der Waals surface area contributed by atoms with Crippen molar-refractivity contribution < 1.29 is 14.3 Å². The minimum atomic E-state index is -0.314. The summed E-state index contributed by atoms with van der Waals surface area (Å²) in [6.07, 6.45) is 3.54. The Labute approximate surface area is 259 Å². The van der Waals surface area contributed by atoms with Crippen LogP contribution in [-0.4, -0.2) is 46.3 Å². The van der Waals surface area contributed by atoms with Crippen LogP contribution in [0.2, 0.25) is 0 Å². The number of nitrogens with zero attached hydrogens (tertiary/aromatic N) is 3. The van der Waals surface area contributed by atoms with Gasteiger partial charge in [0.05, 0.1) is 18.0 Å². The third-order valence-electron chi connectivity index (χ3n) is 8.61. The number of nitrogens with one attached hydrogen (secondary N) is 2. The number of likely N-dealkylation sites (tertiary alicyclic amines) is 1. The Bertz CT molecular complexity index is 1660. The summed E-state index contributed by atoms with van der Waals surface area (Å²) in [5.41, 5.74) is 6.51. The lowest BCUT2D eigenvalue weighted by Gasteiger charge is -2.32. The zero-order valence-electron chi connectivity index (χ0n) is 26.0. The fraction of sp³-hybridized carbons (Fsp3) is 0.361. The summed E-state index contributed by atoms with van der Waals surface area (Å²) in [6, 6.07) is 23.5. The third kappa shape index (κ3) is 6.49. The average molecular weight is 592 g/mol. The Kier molecular flexibility index (Phi) is 8.17. The van der Waals surface area contributed by atoms with Gasteiger partial charge >= 0.3 is 6.03 Å². The molecule has 1 saturated heterocycles. The molecule has 2 N–H and O–H groups in total. The fourth-order valence-corrected chi connectivity index (χ4v) is 5.96. The standard InChI is InChI=1S/C36H41N5O3/c1-24-9-12-29(13-10-24)41-33(23-32(39-41)36(2,3)4)38-35(43)37-30-8-6-5-7-26(30)21-25-15-18-40(19-16-25)34(42)28-11-14-31-27(22-28)17-20-44-31/h5-14,22-23,25H,15-21H2,1-4H3,(H2,37,38,43). The zero-order chi connectivity index (χ0) is 30.8. The van der Waals surface area contributed by atoms with E-state index >= 15 is 0 Å². The highest BCUT2D eigenvalue weighted by Crippen LogP contribution is 2.30. The monoisotopic (exact) mass is 591 g/mol. The predicted octanol–water partition coefficient (Wildman–Crippen LogP) is 7.15. The van der Waals surface area contributed by atoms with Crippen LogP contribution in [0.25, 0.3) is 5.69 Å². The molecule has 0 unspecified atom stereocenters. The number of carbonyl (C=O) groups is 2. The van der Waals surface area contributed by atoms with E-state index < -0.39 is 0 Å². The Morgan fingerprint density at radius 2 is 1.70 bits per heavy atom. The van der Waals surface area contributed by atoms with E-state index in [-0.39, 0.29) is 17.4 Å². The highest BCUT2D eigenvalue weighted by Gasteiger charge is 2.26. The minimum Gasteiger partial charge on any atom is -0.493 e. The van der Waals surface area contributed by atoms with Crippen LogP contribution in [0.4, 0.5) is 16.3 Å². The van der Waals surface area contributed by atoms with Crippen molar-refractivity contribution in [3.05, 3.63) is 101 Å². The quantitative estimate of drug-likeness (QED) is 0.249. The van der Waals surface area contributed by atoms with Gasteiger partial charge in [-0.05, 0) is 79.6 Å². The molecule has 3 heterocycles. The summed E-state index contributed by atoms with van der Waals surface area (Å²) in [7, 11) is 0. The molecular weight excluding hydrogens is 550 g/mol. The molecule has 8 nitrogen and oxygen atoms in total. The lowest BCUT2D eigenvalue weighted by molar-refractivity contribution is 0.0690. The van der Waals surface area contributed by atoms with Crippen molar-refractivity contribution in [2.45, 2.75) is 58.8 Å². The summed E-state index contributed by atoms with van der Waals surface area (Å²) < 4.78 is 7.38. The molecule has 0 saturated carbocycles. The number of anilines is 2. The topological polar surface area (TPSA) is 88.5 Å². The van der Waals surface area contributed by atoms with Crippen molar-refractivity contribution in [1.82, 2.24) is 14.7 Å². The van der Waals surface area contributed by atoms with Crippen LogP contribution in [0.5, 0.6) is 5.75 Å². The summed E-state index contributed by atoms with van der Waals surface area (Å²) in [6.45, 7) is 10.5. The number of hydrogen-bond acceptors (Lipinski definition) is 4. The molecule has 44 heavy (non-hydrogen) atoms. The van der Waals surface area contributed by atoms with Crippen LogP contribution in [0.15, 0.2) is 72.8 Å². The van der Waals surface area contributed by atoms with Crippen LogP contribution < -0.4 is 15.4 Å². The number of para-hydroxylation sites is 1. The van der Waals surface area contributed by atoms with Crippen molar-refractivity contribution in [3.63, 3.8) is 0 Å². The van der Waals surface area contributed by atoms with Crippen molar-refractivity contribution in [1.29, 1.82) is 0 Å². The SMILES string of the molecule is Cc1ccc(-n2nc(C(C)(C)C)cc2NC(=O)Nc2ccccc2CC2CCN(C(=O)c3ccc4c(c3)CCO4)CC2)cc1. The van der Waals surface area contributed by atoms with Gasteiger partial charge in [0.2, 0.25) is 0 Å². The number of benzene rings is 3. The third-order valence-corrected chi connectivity index (χ3v) is 8.61. The number of fused-ring (bicyclic) bond motifs is 1. The summed E-state index contributed by atoms with van der Waals surface area (Å²) in [5.74, 6) is 2.03. The highest BCUT2D eigenvalue weighted by molar-refractivity contribution is 6.00. The van der Waals surface area contributed by atoms with E-state index in [1.165, 1.54) is 0 Å². The van der Waals surface area contributed by atoms with Crippen LogP contribution in [0.1, 0.15) is 66.4 Å². The first-order chi connectivity index (χ1) is 21.1. The molecular formula is C36H41N5O3. The van der Waals surface area contributed by atoms with E-state index in [0.717, 1.165) is 83.8 Å². The lowest BCUT2D eigenvalue weighted by atomic mass is 9.89. The molecule has 0 atom stereocenters. The number of piperidine rings is 1. The summed E-state index contributed by atoms with van der Waals surface area (Å²) in [5, 5.41) is 11.0. The molecule has 2 aliphatic heterocycles. The molecule has 0 bridgehead atoms. The molecule has 0 aliphatic carbocycles. The smallest absolute Gasteiger partial charge is 0.324 e. The molecule has 2 aliphatic rings. The average Bonchev–Trinajstić information content (AvgIpc) is 3.66. The van der Waals surface area contributed by atoms with Crippen molar-refractivity contribution in [3.8, 4) is 11.4 Å². The van der Waals surface area contributed by atoms with Crippen molar-refractivity contribution in [2.24, 2.45) is 5.92 Å². The van der Waals surface area contributed by atoms with Gasteiger partial charge in [-0.25, -0.2) is 9.48 Å². The van der Waals surface area contributed by atoms with E-state index in [1.807, 2.05) is 78.6 Å². The maximum Gasteiger partial charge on any atom is 0.324 e. The molecule has 1 fully saturated rings. The van der Waals surface area contributed by atoms with Crippen LogP contribution in [-0.2, 0) is 18.3 Å². The summed E-state index contributed by atoms with van der Waals surface area (Å²) in [4.78, 5) is 28.5. The predicted molar refractivity (Wildman–Crippen MR) is 174 cm³/mol. The van der Waals surface area contributed by atoms with E-state index in [9.17, 15) is 9.59 Å². The molecule has 228 valence electrons. The lowest BCUT2D eigenvalue weighted by Crippen LogP contribution is -2.39. The fourth-order valence-electron chi connectivity index (χ4n) is 5.96. The number of ether oxygens (including phenoxy) is 1. The Balaban J connectivity index is 1.10. The van der Waals surface area contributed by atoms with Gasteiger partial charge in [0.15, 0.2) is 0 Å². The number of urea groups is 1. The number of rotatable bonds is 6. The Hall–Kier alpha value is -4.59. The number of hydrogen-bond donors (Lipinski definition) is 2. The second-order valence-corrected chi connectivity index (χ2v) is 13.0. The molecule has 6 rings (SSSR count). The number of carbonyl (C=O) groups excluding carboxylic acids is 2. The molecule has 3 aromatic carbocycles. The maximum absolute atomic E-state index is 13.3. The van der Waals surface area contributed by atoms with Gasteiger partial charge < -0.3 is 15.0 Å². The first-order valence-electron chi connectivity index (χ1n) is 15.5. The molecule has 8 heteroatoms. The van der Waals surface area contributed by atoms with Gasteiger partial charge in [0.25, 0.3) is 5.91 Å². The van der Waals surface area contributed by atoms with Gasteiger partial charge in [-0.1, -0.05) is 56.7 Å². The zero-order valence-corrected chi connectivity index (χ0v) is 26.0. The van der Waals surface area contributed by atoms with Crippen LogP contribution in [0, 0.1) is 12.8 Å². The highest BCUT2D eigenvalue weighted by atomic mass is 16.5. The number of amides is 3. The van der Waals surface area contributed by atoms with Gasteiger partial charge in [-0.3, -0.25) is 10.1 Å². The van der Waals surface area contributed by atoms with Gasteiger partial charge in [0.1, 0.15) is 11.6 Å². The molecule has 4 aromatic rings. The number of aromatic nitrogens is 2. The van der Waals surface area contributed by atoms with Crippen molar-refractivity contribution in [2.75, 3.05) is 30.3 Å². The van der Waals surface area contributed by atoms with Crippen LogP contribution in [0.3, 0.4) is 0 Å². The molecule has 0 radical (unpaired) electrons. The van der Waals surface area contributed by atoms with Gasteiger partial charge in [0, 0.05) is 42.2 Å². The molecule has 3 amide bonds. The van der Waals surface area contributed by atoms with E-state index in [2.05, 4.69) is 37.5 Å². The number of aryl methyl sites for hydroxylation is 1. The second-order valence-electron chi connectivity index (χ2n) is 13.0. The molecule has 1 aromatic heterocycles. The first kappa shape index (κ1) is 29.5. The normalized spacial score (nSPS) is 15.0. The van der Waals surface area contributed by atoms with E-state index in [0.29, 0.717) is 18.3 Å². The van der Waals surface area contributed by atoms with E-state index in [4.69, 9.17) is 9.84 Å². The first-order valence-corrected chi connectivity index (χ1v) is 15.5. The Morgan fingerprint density at radius 1 is 0.955 bits per heavy atom. The summed E-state index contributed by atoms with van der Waals surface area (Å²) >= 11 is 0. The largest absolute Gasteiger partial charge is 0.493 e. The second kappa shape index (κ2) is 12.2. The molecule has 0 spiro atoms. The minimum absolute atomic E-state index is 0.0939. The van der Waals surface area contributed by atoms with Crippen LogP contribution >= 0.6 is 0 Å². The van der Waals surface area contributed by atoms with Crippen molar-refractivity contribution >= 4 is 23.4 Å². The maximum atomic E-state index is 13.3. The van der Waals surface area contributed by atoms with Gasteiger partial charge in [-0.2, -0.15) is 5.10 Å². The Morgan fingerprint density at radius 3 is 2.45 bits per heavy atom.